The first kappa shape index (κ1) is 16.0. The molecule has 0 aliphatic carbocycles. The van der Waals surface area contributed by atoms with Gasteiger partial charge in [0.15, 0.2) is 0 Å². The van der Waals surface area contributed by atoms with E-state index in [4.69, 9.17) is 10.2 Å². The molecule has 0 fully saturated rings. The van der Waals surface area contributed by atoms with Gasteiger partial charge in [0.2, 0.25) is 0 Å². The summed E-state index contributed by atoms with van der Waals surface area (Å²) in [5, 5.41) is 21.1. The van der Waals surface area contributed by atoms with Crippen molar-refractivity contribution in [2.75, 3.05) is 39.9 Å². The molecule has 0 aliphatic rings. The molecule has 3 N–H and O–H groups in total. The fourth-order valence-electron chi connectivity index (χ4n) is 2.10. The minimum atomic E-state index is -0.235. The standard InChI is InChI=1S/C14H23FN2O2/c1-16-14(12-2-4-13(15)5-3-12)6-7-17(8-10-18)9-11-19/h2-5,14,16,18-19H,6-11H2,1H3. The predicted molar refractivity (Wildman–Crippen MR) is 73.4 cm³/mol. The predicted octanol–water partition coefficient (Wildman–Crippen LogP) is 0.763. The summed E-state index contributed by atoms with van der Waals surface area (Å²) in [6.45, 7) is 2.05. The molecule has 0 radical (unpaired) electrons. The van der Waals surface area contributed by atoms with Gasteiger partial charge in [-0.3, -0.25) is 4.90 Å². The zero-order chi connectivity index (χ0) is 14.1. The normalized spacial score (nSPS) is 12.9. The van der Waals surface area contributed by atoms with Crippen molar-refractivity contribution in [1.82, 2.24) is 10.2 Å². The number of hydrogen-bond acceptors (Lipinski definition) is 4. The van der Waals surface area contributed by atoms with Gasteiger partial charge in [-0.15, -0.1) is 0 Å². The molecule has 0 saturated carbocycles. The third-order valence-corrected chi connectivity index (χ3v) is 3.19. The summed E-state index contributed by atoms with van der Waals surface area (Å²) >= 11 is 0. The third kappa shape index (κ3) is 5.65. The number of halogens is 1. The lowest BCUT2D eigenvalue weighted by atomic mass is 10.0. The number of nitrogens with zero attached hydrogens (tertiary/aromatic N) is 1. The van der Waals surface area contributed by atoms with Crippen LogP contribution in [0.25, 0.3) is 0 Å². The molecule has 0 aliphatic heterocycles. The topological polar surface area (TPSA) is 55.7 Å². The van der Waals surface area contributed by atoms with Crippen molar-refractivity contribution >= 4 is 0 Å². The van der Waals surface area contributed by atoms with Gasteiger partial charge in [-0.05, 0) is 31.2 Å². The molecule has 1 aromatic carbocycles. The van der Waals surface area contributed by atoms with Crippen molar-refractivity contribution in [2.24, 2.45) is 0 Å². The second-order valence-corrected chi connectivity index (χ2v) is 4.47. The minimum absolute atomic E-state index is 0.0841. The highest BCUT2D eigenvalue weighted by molar-refractivity contribution is 5.19. The number of nitrogens with one attached hydrogen (secondary N) is 1. The van der Waals surface area contributed by atoms with Crippen molar-refractivity contribution < 1.29 is 14.6 Å². The molecule has 19 heavy (non-hydrogen) atoms. The Labute approximate surface area is 113 Å². The lowest BCUT2D eigenvalue weighted by Crippen LogP contribution is -2.33. The fraction of sp³-hybridized carbons (Fsp3) is 0.571. The van der Waals surface area contributed by atoms with Crippen molar-refractivity contribution in [3.05, 3.63) is 35.6 Å². The Morgan fingerprint density at radius 3 is 2.16 bits per heavy atom. The van der Waals surface area contributed by atoms with Crippen LogP contribution in [-0.2, 0) is 0 Å². The molecule has 1 unspecified atom stereocenters. The molecule has 0 aromatic heterocycles. The monoisotopic (exact) mass is 270 g/mol. The molecule has 108 valence electrons. The number of benzene rings is 1. The molecule has 0 spiro atoms. The van der Waals surface area contributed by atoms with Gasteiger partial charge in [0.1, 0.15) is 5.82 Å². The first-order valence-electron chi connectivity index (χ1n) is 6.58. The summed E-state index contributed by atoms with van der Waals surface area (Å²) in [6.07, 6.45) is 0.835. The molecular weight excluding hydrogens is 247 g/mol. The Kier molecular flexibility index (Phi) is 7.59. The van der Waals surface area contributed by atoms with Crippen LogP contribution in [0.3, 0.4) is 0 Å². The average Bonchev–Trinajstić information content (AvgIpc) is 2.41. The fourth-order valence-corrected chi connectivity index (χ4v) is 2.10. The van der Waals surface area contributed by atoms with E-state index in [2.05, 4.69) is 5.32 Å². The van der Waals surface area contributed by atoms with Crippen LogP contribution >= 0.6 is 0 Å². The van der Waals surface area contributed by atoms with E-state index < -0.39 is 0 Å². The molecule has 0 amide bonds. The van der Waals surface area contributed by atoms with Crippen molar-refractivity contribution in [3.63, 3.8) is 0 Å². The zero-order valence-corrected chi connectivity index (χ0v) is 11.3. The van der Waals surface area contributed by atoms with Crippen LogP contribution in [0.1, 0.15) is 18.0 Å². The van der Waals surface area contributed by atoms with Crippen LogP contribution in [0.5, 0.6) is 0 Å². The summed E-state index contributed by atoms with van der Waals surface area (Å²) in [7, 11) is 1.87. The van der Waals surface area contributed by atoms with E-state index in [1.807, 2.05) is 11.9 Å². The summed E-state index contributed by atoms with van der Waals surface area (Å²) in [5.41, 5.74) is 1.04. The van der Waals surface area contributed by atoms with Gasteiger partial charge in [-0.1, -0.05) is 12.1 Å². The first-order valence-corrected chi connectivity index (χ1v) is 6.58. The lowest BCUT2D eigenvalue weighted by molar-refractivity contribution is 0.156. The van der Waals surface area contributed by atoms with Gasteiger partial charge < -0.3 is 15.5 Å². The second kappa shape index (κ2) is 8.98. The Hall–Kier alpha value is -1.01. The van der Waals surface area contributed by atoms with Crippen LogP contribution in [0.2, 0.25) is 0 Å². The minimum Gasteiger partial charge on any atom is -0.395 e. The molecule has 0 bridgehead atoms. The summed E-state index contributed by atoms with van der Waals surface area (Å²) in [6, 6.07) is 6.61. The highest BCUT2D eigenvalue weighted by atomic mass is 19.1. The van der Waals surface area contributed by atoms with E-state index >= 15 is 0 Å². The Bertz CT molecular complexity index is 340. The molecule has 0 saturated heterocycles. The molecule has 4 nitrogen and oxygen atoms in total. The molecular formula is C14H23FN2O2. The molecule has 1 rings (SSSR count). The van der Waals surface area contributed by atoms with E-state index in [1.54, 1.807) is 12.1 Å². The Morgan fingerprint density at radius 1 is 1.11 bits per heavy atom. The van der Waals surface area contributed by atoms with Crippen molar-refractivity contribution in [3.8, 4) is 0 Å². The lowest BCUT2D eigenvalue weighted by Gasteiger charge is -2.24. The largest absolute Gasteiger partial charge is 0.395 e. The quantitative estimate of drug-likeness (QED) is 0.620. The van der Waals surface area contributed by atoms with Gasteiger partial charge in [-0.2, -0.15) is 0 Å². The van der Waals surface area contributed by atoms with Crippen LogP contribution < -0.4 is 5.32 Å². The second-order valence-electron chi connectivity index (χ2n) is 4.47. The smallest absolute Gasteiger partial charge is 0.123 e. The van der Waals surface area contributed by atoms with Crippen LogP contribution in [0, 0.1) is 5.82 Å². The van der Waals surface area contributed by atoms with E-state index in [0.29, 0.717) is 13.1 Å². The Balaban J connectivity index is 2.53. The van der Waals surface area contributed by atoms with Gasteiger partial charge >= 0.3 is 0 Å². The zero-order valence-electron chi connectivity index (χ0n) is 11.3. The third-order valence-electron chi connectivity index (χ3n) is 3.19. The number of hydrogen-bond donors (Lipinski definition) is 3. The van der Waals surface area contributed by atoms with E-state index in [1.165, 1.54) is 12.1 Å². The van der Waals surface area contributed by atoms with Gasteiger partial charge in [0.25, 0.3) is 0 Å². The maximum Gasteiger partial charge on any atom is 0.123 e. The van der Waals surface area contributed by atoms with Crippen molar-refractivity contribution in [1.29, 1.82) is 0 Å². The molecule has 5 heteroatoms. The van der Waals surface area contributed by atoms with E-state index in [9.17, 15) is 4.39 Å². The first-order chi connectivity index (χ1) is 9.21. The number of aliphatic hydroxyl groups excluding tert-OH is 2. The Morgan fingerprint density at radius 2 is 1.68 bits per heavy atom. The summed E-state index contributed by atoms with van der Waals surface area (Å²) < 4.78 is 12.9. The molecule has 1 atom stereocenters. The average molecular weight is 270 g/mol. The number of aliphatic hydroxyl groups is 2. The van der Waals surface area contributed by atoms with Crippen LogP contribution in [-0.4, -0.2) is 55.0 Å². The van der Waals surface area contributed by atoms with Crippen LogP contribution in [0.4, 0.5) is 4.39 Å². The SMILES string of the molecule is CNC(CCN(CCO)CCO)c1ccc(F)cc1. The molecule has 1 aromatic rings. The maximum absolute atomic E-state index is 12.9. The van der Waals surface area contributed by atoms with Gasteiger partial charge in [0.05, 0.1) is 13.2 Å². The molecule has 0 heterocycles. The summed E-state index contributed by atoms with van der Waals surface area (Å²) in [5.74, 6) is -0.235. The highest BCUT2D eigenvalue weighted by Gasteiger charge is 2.11. The summed E-state index contributed by atoms with van der Waals surface area (Å²) in [4.78, 5) is 2.01. The van der Waals surface area contributed by atoms with E-state index in [-0.39, 0.29) is 25.1 Å². The highest BCUT2D eigenvalue weighted by Crippen LogP contribution is 2.17. The van der Waals surface area contributed by atoms with Gasteiger partial charge in [0, 0.05) is 25.7 Å². The maximum atomic E-state index is 12.9. The number of rotatable bonds is 9. The van der Waals surface area contributed by atoms with Crippen molar-refractivity contribution in [2.45, 2.75) is 12.5 Å². The van der Waals surface area contributed by atoms with Gasteiger partial charge in [-0.25, -0.2) is 4.39 Å². The van der Waals surface area contributed by atoms with Crippen LogP contribution in [0.15, 0.2) is 24.3 Å². The van der Waals surface area contributed by atoms with E-state index in [0.717, 1.165) is 18.5 Å².